The van der Waals surface area contributed by atoms with Crippen molar-refractivity contribution in [3.8, 4) is 0 Å². The molecule has 0 aliphatic rings. The van der Waals surface area contributed by atoms with Crippen molar-refractivity contribution in [3.05, 3.63) is 17.9 Å². The summed E-state index contributed by atoms with van der Waals surface area (Å²) >= 11 is 0. The molecule has 0 saturated heterocycles. The number of nitrogens with one attached hydrogen (secondary N) is 1. The van der Waals surface area contributed by atoms with Gasteiger partial charge < -0.3 is 9.52 Å². The van der Waals surface area contributed by atoms with Crippen LogP contribution in [-0.2, 0) is 27.4 Å². The first-order valence-electron chi connectivity index (χ1n) is 4.88. The highest BCUT2D eigenvalue weighted by Crippen LogP contribution is 2.13. The van der Waals surface area contributed by atoms with E-state index in [2.05, 4.69) is 4.72 Å². The summed E-state index contributed by atoms with van der Waals surface area (Å²) in [6, 6.07) is 2.65. The lowest BCUT2D eigenvalue weighted by Crippen LogP contribution is -2.32. The third kappa shape index (κ3) is 3.91. The van der Waals surface area contributed by atoms with Gasteiger partial charge in [-0.05, 0) is 19.1 Å². The van der Waals surface area contributed by atoms with Crippen LogP contribution in [0.3, 0.4) is 0 Å². The summed E-state index contributed by atoms with van der Waals surface area (Å²) < 4.78 is 41.7. The number of hydrogen-bond donors (Lipinski definition) is 2. The molecule has 1 heterocycles. The van der Waals surface area contributed by atoms with E-state index in [1.165, 1.54) is 18.4 Å². The van der Waals surface area contributed by atoms with Crippen molar-refractivity contribution in [2.75, 3.05) is 12.8 Å². The maximum absolute atomic E-state index is 11.7. The van der Waals surface area contributed by atoms with Crippen molar-refractivity contribution < 1.29 is 22.2 Å². The maximum Gasteiger partial charge on any atom is 0.273 e. The Morgan fingerprint density at radius 2 is 2.18 bits per heavy atom. The van der Waals surface area contributed by atoms with Crippen molar-refractivity contribution in [1.29, 1.82) is 0 Å². The lowest BCUT2D eigenvalue weighted by molar-refractivity contribution is 0.236. The number of furan rings is 1. The third-order valence-corrected chi connectivity index (χ3v) is 4.78. The summed E-state index contributed by atoms with van der Waals surface area (Å²) in [7, 11) is -4.84. The first-order chi connectivity index (χ1) is 7.86. The van der Waals surface area contributed by atoms with Gasteiger partial charge in [-0.15, -0.1) is 0 Å². The van der Waals surface area contributed by atoms with E-state index in [9.17, 15) is 12.6 Å². The number of rotatable bonds is 6. The molecule has 0 bridgehead atoms. The van der Waals surface area contributed by atoms with E-state index in [4.69, 9.17) is 9.52 Å². The number of aliphatic hydroxyl groups excluding tert-OH is 1. The highest BCUT2D eigenvalue weighted by atomic mass is 32.2. The minimum atomic E-state index is -3.74. The summed E-state index contributed by atoms with van der Waals surface area (Å²) in [6.07, 6.45) is 1.51. The normalized spacial score (nSPS) is 15.7. The summed E-state index contributed by atoms with van der Waals surface area (Å²) in [5, 5.41) is 8.22. The molecule has 17 heavy (non-hydrogen) atoms. The monoisotopic (exact) mass is 281 g/mol. The molecule has 98 valence electrons. The number of hydrogen-bond acceptors (Lipinski definition) is 5. The SMILES string of the molecule is CC(CNS(=O)(=O)c1ccc(CO)o1)S(C)=O. The Labute approximate surface area is 103 Å². The predicted molar refractivity (Wildman–Crippen MR) is 63.3 cm³/mol. The summed E-state index contributed by atoms with van der Waals surface area (Å²) in [6.45, 7) is 1.39. The van der Waals surface area contributed by atoms with Crippen LogP contribution in [0.5, 0.6) is 0 Å². The Bertz CT molecular complexity index is 493. The molecule has 2 atom stereocenters. The van der Waals surface area contributed by atoms with Crippen LogP contribution in [0.15, 0.2) is 21.6 Å². The smallest absolute Gasteiger partial charge is 0.273 e. The Morgan fingerprint density at radius 3 is 2.65 bits per heavy atom. The molecule has 0 fully saturated rings. The second-order valence-corrected chi connectivity index (χ2v) is 7.04. The second kappa shape index (κ2) is 5.76. The average Bonchev–Trinajstić information content (AvgIpc) is 2.75. The zero-order chi connectivity index (χ0) is 13.1. The molecule has 0 aromatic carbocycles. The molecule has 1 aromatic heterocycles. The van der Waals surface area contributed by atoms with E-state index >= 15 is 0 Å². The van der Waals surface area contributed by atoms with Gasteiger partial charge >= 0.3 is 0 Å². The van der Waals surface area contributed by atoms with E-state index in [1.54, 1.807) is 6.92 Å². The van der Waals surface area contributed by atoms with Crippen LogP contribution in [0, 0.1) is 0 Å². The number of sulfonamides is 1. The van der Waals surface area contributed by atoms with E-state index < -0.39 is 20.8 Å². The van der Waals surface area contributed by atoms with Crippen LogP contribution >= 0.6 is 0 Å². The molecule has 6 nitrogen and oxygen atoms in total. The zero-order valence-corrected chi connectivity index (χ0v) is 11.2. The Morgan fingerprint density at radius 1 is 1.53 bits per heavy atom. The lowest BCUT2D eigenvalue weighted by atomic mass is 10.5. The molecule has 2 N–H and O–H groups in total. The summed E-state index contributed by atoms with van der Waals surface area (Å²) in [5.74, 6) is 0.178. The van der Waals surface area contributed by atoms with E-state index in [-0.39, 0.29) is 29.3 Å². The minimum absolute atomic E-state index is 0.0700. The molecule has 2 unspecified atom stereocenters. The summed E-state index contributed by atoms with van der Waals surface area (Å²) in [5.41, 5.74) is 0. The molecule has 1 aromatic rings. The van der Waals surface area contributed by atoms with Crippen LogP contribution in [0.2, 0.25) is 0 Å². The topological polar surface area (TPSA) is 96.6 Å². The Hall–Kier alpha value is -0.700. The van der Waals surface area contributed by atoms with Gasteiger partial charge in [0.2, 0.25) is 5.09 Å². The van der Waals surface area contributed by atoms with Gasteiger partial charge in [0.1, 0.15) is 12.4 Å². The first kappa shape index (κ1) is 14.4. The molecule has 0 radical (unpaired) electrons. The zero-order valence-electron chi connectivity index (χ0n) is 9.54. The van der Waals surface area contributed by atoms with Gasteiger partial charge in [-0.2, -0.15) is 0 Å². The molecule has 1 rings (SSSR count). The molecular weight excluding hydrogens is 266 g/mol. The predicted octanol–water partition coefficient (Wildman–Crippen LogP) is -0.183. The van der Waals surface area contributed by atoms with E-state index in [1.807, 2.05) is 0 Å². The molecule has 0 spiro atoms. The van der Waals surface area contributed by atoms with Crippen molar-refractivity contribution in [2.45, 2.75) is 23.9 Å². The van der Waals surface area contributed by atoms with Crippen LogP contribution in [0.4, 0.5) is 0 Å². The van der Waals surface area contributed by atoms with Crippen molar-refractivity contribution in [2.24, 2.45) is 0 Å². The van der Waals surface area contributed by atoms with Gasteiger partial charge in [0.15, 0.2) is 0 Å². The van der Waals surface area contributed by atoms with Gasteiger partial charge in [0, 0.05) is 28.9 Å². The average molecular weight is 281 g/mol. The van der Waals surface area contributed by atoms with Gasteiger partial charge in [-0.1, -0.05) is 0 Å². The van der Waals surface area contributed by atoms with E-state index in [0.29, 0.717) is 0 Å². The summed E-state index contributed by atoms with van der Waals surface area (Å²) in [4.78, 5) is 0. The van der Waals surface area contributed by atoms with Gasteiger partial charge in [-0.25, -0.2) is 13.1 Å². The molecule has 0 aliphatic carbocycles. The third-order valence-electron chi connectivity index (χ3n) is 2.19. The van der Waals surface area contributed by atoms with Crippen LogP contribution in [0.1, 0.15) is 12.7 Å². The molecule has 8 heteroatoms. The van der Waals surface area contributed by atoms with Gasteiger partial charge in [0.05, 0.1) is 0 Å². The van der Waals surface area contributed by atoms with Gasteiger partial charge in [-0.3, -0.25) is 4.21 Å². The fraction of sp³-hybridized carbons (Fsp3) is 0.556. The van der Waals surface area contributed by atoms with Crippen LogP contribution in [0.25, 0.3) is 0 Å². The lowest BCUT2D eigenvalue weighted by Gasteiger charge is -2.08. The van der Waals surface area contributed by atoms with E-state index in [0.717, 1.165) is 0 Å². The largest absolute Gasteiger partial charge is 0.446 e. The Kier molecular flexibility index (Phi) is 4.87. The van der Waals surface area contributed by atoms with Crippen molar-refractivity contribution in [3.63, 3.8) is 0 Å². The minimum Gasteiger partial charge on any atom is -0.446 e. The second-order valence-electron chi connectivity index (χ2n) is 3.54. The highest BCUT2D eigenvalue weighted by Gasteiger charge is 2.20. The molecule has 0 saturated carbocycles. The highest BCUT2D eigenvalue weighted by molar-refractivity contribution is 7.89. The standard InChI is InChI=1S/C9H15NO5S2/c1-7(16(2)12)5-10-17(13,14)9-4-3-8(6-11)15-9/h3-4,7,10-11H,5-6H2,1-2H3. The first-order valence-corrected chi connectivity index (χ1v) is 7.98. The Balaban J connectivity index is 2.72. The van der Waals surface area contributed by atoms with Crippen LogP contribution in [-0.4, -0.2) is 35.8 Å². The van der Waals surface area contributed by atoms with Crippen molar-refractivity contribution in [1.82, 2.24) is 4.72 Å². The van der Waals surface area contributed by atoms with Gasteiger partial charge in [0.25, 0.3) is 10.0 Å². The van der Waals surface area contributed by atoms with Crippen molar-refractivity contribution >= 4 is 20.8 Å². The fourth-order valence-electron chi connectivity index (χ4n) is 1.00. The maximum atomic E-state index is 11.7. The van der Waals surface area contributed by atoms with Crippen LogP contribution < -0.4 is 4.72 Å². The fourth-order valence-corrected chi connectivity index (χ4v) is 2.50. The number of aliphatic hydroxyl groups is 1. The molecule has 0 aliphatic heterocycles. The quantitative estimate of drug-likeness (QED) is 0.754. The molecule has 0 amide bonds. The molecular formula is C9H15NO5S2.